The predicted octanol–water partition coefficient (Wildman–Crippen LogP) is 2.17. The average molecular weight is 283 g/mol. The zero-order valence-corrected chi connectivity index (χ0v) is 11.5. The molecule has 6 nitrogen and oxygen atoms in total. The summed E-state index contributed by atoms with van der Waals surface area (Å²) in [4.78, 5) is 19.0. The maximum absolute atomic E-state index is 11.8. The number of hydrogen-bond acceptors (Lipinski definition) is 4. The van der Waals surface area contributed by atoms with Gasteiger partial charge in [-0.3, -0.25) is 4.79 Å². The summed E-state index contributed by atoms with van der Waals surface area (Å²) in [6.45, 7) is 3.79. The maximum Gasteiger partial charge on any atom is 0.221 e. The lowest BCUT2D eigenvalue weighted by Crippen LogP contribution is -2.27. The number of H-pyrrole nitrogens is 1. The summed E-state index contributed by atoms with van der Waals surface area (Å²) in [5, 5.41) is 6.71. The number of imidazole rings is 1. The van der Waals surface area contributed by atoms with Crippen LogP contribution < -0.4 is 5.32 Å². The molecule has 0 aliphatic rings. The Labute approximate surface area is 115 Å². The quantitative estimate of drug-likeness (QED) is 0.880. The van der Waals surface area contributed by atoms with Gasteiger partial charge in [0.25, 0.3) is 0 Å². The van der Waals surface area contributed by atoms with E-state index >= 15 is 0 Å². The van der Waals surface area contributed by atoms with Gasteiger partial charge in [-0.1, -0.05) is 16.8 Å². The number of aryl methyl sites for hydroxylation is 2. The summed E-state index contributed by atoms with van der Waals surface area (Å²) in [5.41, 5.74) is 0.965. The van der Waals surface area contributed by atoms with Crippen LogP contribution in [0.5, 0.6) is 0 Å². The van der Waals surface area contributed by atoms with E-state index in [9.17, 15) is 4.79 Å². The molecule has 0 fully saturated rings. The molecule has 0 saturated heterocycles. The number of aromatic nitrogens is 3. The van der Waals surface area contributed by atoms with Gasteiger partial charge in [0, 0.05) is 30.8 Å². The molecule has 1 amide bonds. The minimum absolute atomic E-state index is 0.0749. The second-order valence-corrected chi connectivity index (χ2v) is 4.74. The first kappa shape index (κ1) is 13.6. The van der Waals surface area contributed by atoms with Gasteiger partial charge in [0.15, 0.2) is 5.15 Å². The summed E-state index contributed by atoms with van der Waals surface area (Å²) < 4.78 is 4.93. The van der Waals surface area contributed by atoms with E-state index in [4.69, 9.17) is 16.1 Å². The molecule has 0 aliphatic heterocycles. The van der Waals surface area contributed by atoms with Gasteiger partial charge >= 0.3 is 0 Å². The predicted molar refractivity (Wildman–Crippen MR) is 69.7 cm³/mol. The summed E-state index contributed by atoms with van der Waals surface area (Å²) in [7, 11) is 0. The summed E-state index contributed by atoms with van der Waals surface area (Å²) >= 11 is 5.62. The van der Waals surface area contributed by atoms with Crippen molar-refractivity contribution in [1.29, 1.82) is 0 Å². The number of carbonyl (C=O) groups excluding carboxylic acids is 1. The second kappa shape index (κ2) is 5.88. The number of amides is 1. The van der Waals surface area contributed by atoms with Gasteiger partial charge < -0.3 is 14.8 Å². The smallest absolute Gasteiger partial charge is 0.221 e. The molecule has 0 radical (unpaired) electrons. The third kappa shape index (κ3) is 3.82. The highest BCUT2D eigenvalue weighted by Crippen LogP contribution is 2.12. The van der Waals surface area contributed by atoms with Crippen LogP contribution in [0.15, 0.2) is 16.8 Å². The van der Waals surface area contributed by atoms with E-state index in [2.05, 4.69) is 20.4 Å². The summed E-state index contributed by atoms with van der Waals surface area (Å²) in [6, 6.07) is 1.45. The molecular weight excluding hydrogens is 268 g/mol. The van der Waals surface area contributed by atoms with Gasteiger partial charge in [-0.25, -0.2) is 4.98 Å². The van der Waals surface area contributed by atoms with E-state index in [1.165, 1.54) is 0 Å². The number of rotatable bonds is 5. The number of carbonyl (C=O) groups is 1. The number of nitrogens with one attached hydrogen (secondary N) is 2. The lowest BCUT2D eigenvalue weighted by atomic mass is 10.2. The number of hydrogen-bond donors (Lipinski definition) is 2. The van der Waals surface area contributed by atoms with Crippen molar-refractivity contribution in [1.82, 2.24) is 20.4 Å². The molecule has 19 heavy (non-hydrogen) atoms. The first-order valence-electron chi connectivity index (χ1n) is 5.96. The SMILES string of the molecule is Cc1cnc(C(C)NC(=O)CCc2cc(Cl)no2)[nH]1. The van der Waals surface area contributed by atoms with Crippen molar-refractivity contribution in [2.24, 2.45) is 0 Å². The van der Waals surface area contributed by atoms with Gasteiger partial charge in [-0.2, -0.15) is 0 Å². The zero-order chi connectivity index (χ0) is 13.8. The molecule has 0 bridgehead atoms. The van der Waals surface area contributed by atoms with Crippen molar-refractivity contribution < 1.29 is 9.32 Å². The Hall–Kier alpha value is -1.82. The van der Waals surface area contributed by atoms with Crippen LogP contribution in [0.3, 0.4) is 0 Å². The van der Waals surface area contributed by atoms with E-state index in [1.54, 1.807) is 12.3 Å². The van der Waals surface area contributed by atoms with Crippen molar-refractivity contribution in [2.75, 3.05) is 0 Å². The third-order valence-corrected chi connectivity index (χ3v) is 2.82. The van der Waals surface area contributed by atoms with Crippen LogP contribution in [-0.4, -0.2) is 21.0 Å². The van der Waals surface area contributed by atoms with Crippen LogP contribution in [0.1, 0.15) is 36.7 Å². The highest BCUT2D eigenvalue weighted by atomic mass is 35.5. The molecule has 2 rings (SSSR count). The average Bonchev–Trinajstić information content (AvgIpc) is 2.95. The van der Waals surface area contributed by atoms with Gasteiger partial charge in [-0.15, -0.1) is 0 Å². The Balaban J connectivity index is 1.81. The number of aromatic amines is 1. The molecule has 0 saturated carbocycles. The Morgan fingerprint density at radius 3 is 3.00 bits per heavy atom. The monoisotopic (exact) mass is 282 g/mol. The van der Waals surface area contributed by atoms with Crippen molar-refractivity contribution in [3.8, 4) is 0 Å². The molecule has 1 atom stereocenters. The van der Waals surface area contributed by atoms with Crippen LogP contribution in [0.4, 0.5) is 0 Å². The first-order valence-corrected chi connectivity index (χ1v) is 6.34. The van der Waals surface area contributed by atoms with E-state index in [-0.39, 0.29) is 11.9 Å². The van der Waals surface area contributed by atoms with E-state index in [1.807, 2.05) is 13.8 Å². The van der Waals surface area contributed by atoms with Gasteiger partial charge in [0.2, 0.25) is 5.91 Å². The molecule has 0 aromatic carbocycles. The van der Waals surface area contributed by atoms with Gasteiger partial charge in [0.1, 0.15) is 11.6 Å². The van der Waals surface area contributed by atoms with Crippen LogP contribution in [-0.2, 0) is 11.2 Å². The van der Waals surface area contributed by atoms with Crippen molar-refractivity contribution in [3.05, 3.63) is 34.7 Å². The fourth-order valence-corrected chi connectivity index (χ4v) is 1.83. The molecule has 102 valence electrons. The Morgan fingerprint density at radius 2 is 2.42 bits per heavy atom. The van der Waals surface area contributed by atoms with E-state index in [0.717, 1.165) is 11.5 Å². The molecule has 1 unspecified atom stereocenters. The standard InChI is InChI=1S/C12H15ClN4O2/c1-7-6-14-12(15-7)8(2)16-11(18)4-3-9-5-10(13)17-19-9/h5-6,8H,3-4H2,1-2H3,(H,14,15)(H,16,18). The van der Waals surface area contributed by atoms with Crippen LogP contribution in [0.2, 0.25) is 5.15 Å². The van der Waals surface area contributed by atoms with Crippen LogP contribution in [0.25, 0.3) is 0 Å². The second-order valence-electron chi connectivity index (χ2n) is 4.36. The lowest BCUT2D eigenvalue weighted by molar-refractivity contribution is -0.121. The molecule has 2 heterocycles. The normalized spacial score (nSPS) is 12.4. The zero-order valence-electron chi connectivity index (χ0n) is 10.7. The highest BCUT2D eigenvalue weighted by molar-refractivity contribution is 6.29. The lowest BCUT2D eigenvalue weighted by Gasteiger charge is -2.10. The molecular formula is C12H15ClN4O2. The Morgan fingerprint density at radius 1 is 1.63 bits per heavy atom. The molecule has 2 aromatic heterocycles. The van der Waals surface area contributed by atoms with Gasteiger partial charge in [0.05, 0.1) is 6.04 Å². The Bertz CT molecular complexity index is 564. The fraction of sp³-hybridized carbons (Fsp3) is 0.417. The molecule has 0 aliphatic carbocycles. The fourth-order valence-electron chi connectivity index (χ4n) is 1.68. The molecule has 2 N–H and O–H groups in total. The van der Waals surface area contributed by atoms with Crippen molar-refractivity contribution in [2.45, 2.75) is 32.7 Å². The van der Waals surface area contributed by atoms with Crippen LogP contribution >= 0.6 is 11.6 Å². The molecule has 0 spiro atoms. The Kier molecular flexibility index (Phi) is 4.21. The topological polar surface area (TPSA) is 83.8 Å². The first-order chi connectivity index (χ1) is 9.04. The van der Waals surface area contributed by atoms with Gasteiger partial charge in [-0.05, 0) is 13.8 Å². The van der Waals surface area contributed by atoms with Crippen molar-refractivity contribution in [3.63, 3.8) is 0 Å². The minimum Gasteiger partial charge on any atom is -0.360 e. The van der Waals surface area contributed by atoms with E-state index in [0.29, 0.717) is 23.8 Å². The minimum atomic E-state index is -0.153. The summed E-state index contributed by atoms with van der Waals surface area (Å²) in [5.74, 6) is 1.27. The summed E-state index contributed by atoms with van der Waals surface area (Å²) in [6.07, 6.45) is 2.51. The highest BCUT2D eigenvalue weighted by Gasteiger charge is 2.13. The van der Waals surface area contributed by atoms with E-state index < -0.39 is 0 Å². The third-order valence-electron chi connectivity index (χ3n) is 2.64. The maximum atomic E-state index is 11.8. The largest absolute Gasteiger partial charge is 0.360 e. The van der Waals surface area contributed by atoms with Crippen LogP contribution in [0, 0.1) is 6.92 Å². The number of nitrogens with zero attached hydrogens (tertiary/aromatic N) is 2. The van der Waals surface area contributed by atoms with Crippen molar-refractivity contribution >= 4 is 17.5 Å². The molecule has 2 aromatic rings. The number of halogens is 1. The molecule has 7 heteroatoms.